The lowest BCUT2D eigenvalue weighted by Crippen LogP contribution is -2.02. The van der Waals surface area contributed by atoms with Crippen LogP contribution in [0.1, 0.15) is 6.92 Å². The van der Waals surface area contributed by atoms with Gasteiger partial charge in [-0.25, -0.2) is 4.98 Å². The van der Waals surface area contributed by atoms with E-state index < -0.39 is 0 Å². The first kappa shape index (κ1) is 13.1. The average molecular weight is 328 g/mol. The van der Waals surface area contributed by atoms with Crippen LogP contribution in [0.5, 0.6) is 0 Å². The molecule has 0 aliphatic carbocycles. The standard InChI is InChI=1S/C12H12BrClN4/c1-2-16-11-6-15-7-12(18-11)17-10-5-8(14)3-4-9(10)13/h3-7H,2H2,1H3,(H2,16,17,18). The van der Waals surface area contributed by atoms with Gasteiger partial charge in [0.1, 0.15) is 5.82 Å². The number of aromatic nitrogens is 2. The summed E-state index contributed by atoms with van der Waals surface area (Å²) < 4.78 is 0.919. The Morgan fingerprint density at radius 3 is 2.83 bits per heavy atom. The number of halogens is 2. The Morgan fingerprint density at radius 2 is 2.06 bits per heavy atom. The SMILES string of the molecule is CCNc1cncc(Nc2cc(Cl)ccc2Br)n1. The highest BCUT2D eigenvalue weighted by molar-refractivity contribution is 9.10. The van der Waals surface area contributed by atoms with Gasteiger partial charge in [0.15, 0.2) is 5.82 Å². The van der Waals surface area contributed by atoms with E-state index in [0.29, 0.717) is 10.8 Å². The van der Waals surface area contributed by atoms with Gasteiger partial charge in [-0.05, 0) is 41.1 Å². The number of benzene rings is 1. The number of anilines is 3. The number of hydrogen-bond acceptors (Lipinski definition) is 4. The average Bonchev–Trinajstić information content (AvgIpc) is 2.35. The van der Waals surface area contributed by atoms with Gasteiger partial charge < -0.3 is 10.6 Å². The van der Waals surface area contributed by atoms with Crippen LogP contribution in [0.15, 0.2) is 35.1 Å². The molecule has 1 aromatic heterocycles. The summed E-state index contributed by atoms with van der Waals surface area (Å²) >= 11 is 9.41. The van der Waals surface area contributed by atoms with E-state index in [9.17, 15) is 0 Å². The van der Waals surface area contributed by atoms with Gasteiger partial charge in [0.2, 0.25) is 0 Å². The lowest BCUT2D eigenvalue weighted by atomic mass is 10.3. The molecular formula is C12H12BrClN4. The maximum atomic E-state index is 5.95. The van der Waals surface area contributed by atoms with Crippen LogP contribution >= 0.6 is 27.5 Å². The summed E-state index contributed by atoms with van der Waals surface area (Å²) in [5, 5.41) is 6.94. The van der Waals surface area contributed by atoms with Gasteiger partial charge in [0, 0.05) is 16.0 Å². The van der Waals surface area contributed by atoms with Crippen molar-refractivity contribution in [3.8, 4) is 0 Å². The normalized spacial score (nSPS) is 10.2. The Labute approximate surface area is 119 Å². The second kappa shape index (κ2) is 6.02. The van der Waals surface area contributed by atoms with Gasteiger partial charge in [-0.2, -0.15) is 0 Å². The smallest absolute Gasteiger partial charge is 0.151 e. The third kappa shape index (κ3) is 3.34. The van der Waals surface area contributed by atoms with Gasteiger partial charge in [0.05, 0.1) is 18.1 Å². The quantitative estimate of drug-likeness (QED) is 0.889. The van der Waals surface area contributed by atoms with Crippen LogP contribution in [0, 0.1) is 0 Å². The molecule has 1 heterocycles. The van der Waals surface area contributed by atoms with Crippen LogP contribution in [-0.4, -0.2) is 16.5 Å². The minimum Gasteiger partial charge on any atom is -0.369 e. The summed E-state index contributed by atoms with van der Waals surface area (Å²) in [6.07, 6.45) is 3.34. The first-order chi connectivity index (χ1) is 8.69. The summed E-state index contributed by atoms with van der Waals surface area (Å²) in [5.41, 5.74) is 0.852. The summed E-state index contributed by atoms with van der Waals surface area (Å²) in [4.78, 5) is 8.50. The van der Waals surface area contributed by atoms with Crippen LogP contribution in [0.4, 0.5) is 17.3 Å². The first-order valence-electron chi connectivity index (χ1n) is 5.47. The molecule has 0 radical (unpaired) electrons. The lowest BCUT2D eigenvalue weighted by Gasteiger charge is -2.09. The van der Waals surface area contributed by atoms with Crippen molar-refractivity contribution in [3.63, 3.8) is 0 Å². The van der Waals surface area contributed by atoms with Crippen molar-refractivity contribution in [1.29, 1.82) is 0 Å². The number of rotatable bonds is 4. The Kier molecular flexibility index (Phi) is 4.38. The maximum Gasteiger partial charge on any atom is 0.151 e. The minimum absolute atomic E-state index is 0.663. The number of nitrogens with one attached hydrogen (secondary N) is 2. The van der Waals surface area contributed by atoms with Crippen molar-refractivity contribution in [1.82, 2.24) is 9.97 Å². The number of hydrogen-bond donors (Lipinski definition) is 2. The van der Waals surface area contributed by atoms with E-state index in [1.807, 2.05) is 25.1 Å². The zero-order valence-corrected chi connectivity index (χ0v) is 12.1. The summed E-state index contributed by atoms with van der Waals surface area (Å²) in [5.74, 6) is 1.40. The maximum absolute atomic E-state index is 5.95. The number of nitrogens with zero attached hydrogens (tertiary/aromatic N) is 2. The largest absolute Gasteiger partial charge is 0.369 e. The molecule has 0 saturated carbocycles. The summed E-state index contributed by atoms with van der Waals surface area (Å²) in [7, 11) is 0. The molecule has 94 valence electrons. The molecule has 0 aliphatic rings. The second-order valence-electron chi connectivity index (χ2n) is 3.57. The molecule has 0 saturated heterocycles. The van der Waals surface area contributed by atoms with Crippen LogP contribution in [-0.2, 0) is 0 Å². The molecule has 0 spiro atoms. The van der Waals surface area contributed by atoms with Gasteiger partial charge in [0.25, 0.3) is 0 Å². The Balaban J connectivity index is 2.22. The highest BCUT2D eigenvalue weighted by atomic mass is 79.9. The minimum atomic E-state index is 0.663. The fourth-order valence-electron chi connectivity index (χ4n) is 1.42. The van der Waals surface area contributed by atoms with E-state index in [0.717, 1.165) is 22.5 Å². The Hall–Kier alpha value is -1.33. The van der Waals surface area contributed by atoms with Crippen molar-refractivity contribution < 1.29 is 0 Å². The molecule has 0 bridgehead atoms. The van der Waals surface area contributed by atoms with E-state index in [4.69, 9.17) is 11.6 Å². The molecule has 2 aromatic rings. The van der Waals surface area contributed by atoms with Gasteiger partial charge >= 0.3 is 0 Å². The Bertz CT molecular complexity index is 547. The van der Waals surface area contributed by atoms with E-state index in [-0.39, 0.29) is 0 Å². The van der Waals surface area contributed by atoms with E-state index in [1.54, 1.807) is 12.4 Å². The molecule has 2 N–H and O–H groups in total. The topological polar surface area (TPSA) is 49.8 Å². The predicted octanol–water partition coefficient (Wildman–Crippen LogP) is 4.07. The van der Waals surface area contributed by atoms with Crippen molar-refractivity contribution in [2.24, 2.45) is 0 Å². The zero-order valence-electron chi connectivity index (χ0n) is 9.74. The Morgan fingerprint density at radius 1 is 1.28 bits per heavy atom. The fourth-order valence-corrected chi connectivity index (χ4v) is 1.94. The van der Waals surface area contributed by atoms with Crippen LogP contribution < -0.4 is 10.6 Å². The first-order valence-corrected chi connectivity index (χ1v) is 6.64. The highest BCUT2D eigenvalue weighted by Crippen LogP contribution is 2.28. The van der Waals surface area contributed by atoms with Gasteiger partial charge in [-0.15, -0.1) is 0 Å². The predicted molar refractivity (Wildman–Crippen MR) is 78.6 cm³/mol. The summed E-state index contributed by atoms with van der Waals surface area (Å²) in [6, 6.07) is 5.52. The lowest BCUT2D eigenvalue weighted by molar-refractivity contribution is 1.12. The van der Waals surface area contributed by atoms with E-state index in [2.05, 4.69) is 36.5 Å². The van der Waals surface area contributed by atoms with Gasteiger partial charge in [-0.1, -0.05) is 11.6 Å². The molecular weight excluding hydrogens is 316 g/mol. The third-order valence-corrected chi connectivity index (χ3v) is 3.11. The van der Waals surface area contributed by atoms with Crippen molar-refractivity contribution in [2.45, 2.75) is 6.92 Å². The molecule has 0 unspecified atom stereocenters. The molecule has 2 rings (SSSR count). The molecule has 18 heavy (non-hydrogen) atoms. The van der Waals surface area contributed by atoms with E-state index >= 15 is 0 Å². The van der Waals surface area contributed by atoms with Crippen molar-refractivity contribution in [3.05, 3.63) is 40.1 Å². The molecule has 0 fully saturated rings. The zero-order chi connectivity index (χ0) is 13.0. The molecule has 1 aromatic carbocycles. The molecule has 0 amide bonds. The van der Waals surface area contributed by atoms with Crippen LogP contribution in [0.3, 0.4) is 0 Å². The molecule has 6 heteroatoms. The summed E-state index contributed by atoms with van der Waals surface area (Å²) in [6.45, 7) is 2.81. The van der Waals surface area contributed by atoms with Crippen LogP contribution in [0.2, 0.25) is 5.02 Å². The van der Waals surface area contributed by atoms with E-state index in [1.165, 1.54) is 0 Å². The van der Waals surface area contributed by atoms with Crippen molar-refractivity contribution >= 4 is 44.9 Å². The van der Waals surface area contributed by atoms with Crippen LogP contribution in [0.25, 0.3) is 0 Å². The molecule has 0 aliphatic heterocycles. The molecule has 0 atom stereocenters. The molecule has 4 nitrogen and oxygen atoms in total. The monoisotopic (exact) mass is 326 g/mol. The highest BCUT2D eigenvalue weighted by Gasteiger charge is 2.03. The van der Waals surface area contributed by atoms with Crippen molar-refractivity contribution in [2.75, 3.05) is 17.2 Å². The van der Waals surface area contributed by atoms with Gasteiger partial charge in [-0.3, -0.25) is 4.98 Å². The second-order valence-corrected chi connectivity index (χ2v) is 4.86. The fraction of sp³-hybridized carbons (Fsp3) is 0.167. The third-order valence-electron chi connectivity index (χ3n) is 2.18.